The van der Waals surface area contributed by atoms with Crippen molar-refractivity contribution in [2.45, 2.75) is 51.4 Å². The molecule has 0 saturated heterocycles. The summed E-state index contributed by atoms with van der Waals surface area (Å²) in [6.07, 6.45) is 6.98. The van der Waals surface area contributed by atoms with Crippen molar-refractivity contribution in [2.75, 3.05) is 7.11 Å². The van der Waals surface area contributed by atoms with Gasteiger partial charge < -0.3 is 9.94 Å². The number of aryl methyl sites for hydroxylation is 1. The van der Waals surface area contributed by atoms with Gasteiger partial charge in [-0.25, -0.2) is 0 Å². The maximum absolute atomic E-state index is 9.36. The highest BCUT2D eigenvalue weighted by Gasteiger charge is 2.53. The van der Waals surface area contributed by atoms with Crippen LogP contribution in [0.5, 0.6) is 5.75 Å². The first-order valence-corrected chi connectivity index (χ1v) is 8.55. The molecular weight excluding hydrogens is 274 g/mol. The highest BCUT2D eigenvalue weighted by molar-refractivity contribution is 5.92. The number of ether oxygens (including phenoxy) is 1. The Morgan fingerprint density at radius 2 is 2.09 bits per heavy atom. The predicted molar refractivity (Wildman–Crippen MR) is 86.8 cm³/mol. The van der Waals surface area contributed by atoms with Crippen molar-refractivity contribution in [1.82, 2.24) is 0 Å². The fraction of sp³-hybridized carbons (Fsp3) is 0.632. The Labute approximate surface area is 132 Å². The molecule has 3 heteroatoms. The monoisotopic (exact) mass is 299 g/mol. The quantitative estimate of drug-likeness (QED) is 0.617. The fourth-order valence-corrected chi connectivity index (χ4v) is 5.62. The van der Waals surface area contributed by atoms with Crippen molar-refractivity contribution >= 4 is 5.71 Å². The summed E-state index contributed by atoms with van der Waals surface area (Å²) in [5.74, 6) is 3.06. The minimum absolute atomic E-state index is 0.131. The summed E-state index contributed by atoms with van der Waals surface area (Å²) < 4.78 is 5.45. The summed E-state index contributed by atoms with van der Waals surface area (Å²) in [7, 11) is 1.75. The van der Waals surface area contributed by atoms with E-state index >= 15 is 0 Å². The summed E-state index contributed by atoms with van der Waals surface area (Å²) in [5.41, 5.74) is 4.21. The molecule has 1 aromatic carbocycles. The van der Waals surface area contributed by atoms with Crippen LogP contribution in [0.25, 0.3) is 0 Å². The number of methoxy groups -OCH3 is 1. The van der Waals surface area contributed by atoms with Crippen LogP contribution in [-0.2, 0) is 6.42 Å². The van der Waals surface area contributed by atoms with Gasteiger partial charge in [0.1, 0.15) is 5.75 Å². The molecule has 2 fully saturated rings. The average molecular weight is 299 g/mol. The van der Waals surface area contributed by atoms with Crippen LogP contribution < -0.4 is 4.74 Å². The smallest absolute Gasteiger partial charge is 0.119 e. The molecule has 0 aromatic heterocycles. The molecule has 2 saturated carbocycles. The van der Waals surface area contributed by atoms with E-state index in [1.807, 2.05) is 0 Å². The number of oxime groups is 1. The molecule has 1 aromatic rings. The van der Waals surface area contributed by atoms with E-state index < -0.39 is 0 Å². The Kier molecular flexibility index (Phi) is 3.21. The van der Waals surface area contributed by atoms with Crippen LogP contribution >= 0.6 is 0 Å². The second-order valence-corrected chi connectivity index (χ2v) is 7.52. The van der Waals surface area contributed by atoms with Crippen molar-refractivity contribution < 1.29 is 9.94 Å². The lowest BCUT2D eigenvalue weighted by atomic mass is 9.55. The molecule has 3 nitrogen and oxygen atoms in total. The third-order valence-electron chi connectivity index (χ3n) is 6.80. The lowest BCUT2D eigenvalue weighted by Crippen LogP contribution is -2.42. The normalized spacial score (nSPS) is 38.3. The molecule has 0 bridgehead atoms. The molecule has 4 rings (SSSR count). The molecule has 4 atom stereocenters. The average Bonchev–Trinajstić information content (AvgIpc) is 2.90. The Morgan fingerprint density at radius 1 is 1.23 bits per heavy atom. The van der Waals surface area contributed by atoms with Gasteiger partial charge in [-0.15, -0.1) is 0 Å². The number of rotatable bonds is 1. The lowest BCUT2D eigenvalue weighted by molar-refractivity contribution is 0.0937. The maximum atomic E-state index is 9.36. The molecule has 0 radical (unpaired) electrons. The van der Waals surface area contributed by atoms with Crippen LogP contribution in [0.2, 0.25) is 0 Å². The molecule has 3 aliphatic carbocycles. The first-order valence-electron chi connectivity index (χ1n) is 8.55. The second-order valence-electron chi connectivity index (χ2n) is 7.52. The van der Waals surface area contributed by atoms with Crippen molar-refractivity contribution in [3.63, 3.8) is 0 Å². The Bertz CT molecular complexity index is 624. The summed E-state index contributed by atoms with van der Waals surface area (Å²) in [6, 6.07) is 6.62. The van der Waals surface area contributed by atoms with Crippen molar-refractivity contribution in [1.29, 1.82) is 0 Å². The third-order valence-corrected chi connectivity index (χ3v) is 6.80. The molecule has 0 amide bonds. The SMILES string of the molecule is COc1ccc2c(c1)[C@H]1CC[C@]3(C)/C(=N/O)CC[C@H]3[C@@H]1CC2. The number of hydrogen-bond donors (Lipinski definition) is 1. The molecule has 0 spiro atoms. The molecule has 22 heavy (non-hydrogen) atoms. The minimum Gasteiger partial charge on any atom is -0.497 e. The van der Waals surface area contributed by atoms with E-state index in [1.54, 1.807) is 7.11 Å². The van der Waals surface area contributed by atoms with Gasteiger partial charge in [0.2, 0.25) is 0 Å². The Morgan fingerprint density at radius 3 is 2.86 bits per heavy atom. The summed E-state index contributed by atoms with van der Waals surface area (Å²) in [6.45, 7) is 2.33. The van der Waals surface area contributed by atoms with Crippen LogP contribution in [0.4, 0.5) is 0 Å². The topological polar surface area (TPSA) is 41.8 Å². The van der Waals surface area contributed by atoms with Crippen molar-refractivity contribution in [3.8, 4) is 5.75 Å². The van der Waals surface area contributed by atoms with Gasteiger partial charge in [-0.2, -0.15) is 0 Å². The van der Waals surface area contributed by atoms with E-state index in [9.17, 15) is 5.21 Å². The Balaban J connectivity index is 1.71. The van der Waals surface area contributed by atoms with Crippen LogP contribution in [-0.4, -0.2) is 18.0 Å². The van der Waals surface area contributed by atoms with Crippen LogP contribution in [0.3, 0.4) is 0 Å². The van der Waals surface area contributed by atoms with E-state index in [2.05, 4.69) is 30.3 Å². The molecule has 0 aliphatic heterocycles. The second kappa shape index (κ2) is 5.00. The number of fused-ring (bicyclic) bond motifs is 5. The largest absolute Gasteiger partial charge is 0.497 e. The first kappa shape index (κ1) is 14.1. The van der Waals surface area contributed by atoms with Crippen LogP contribution in [0, 0.1) is 17.3 Å². The lowest BCUT2D eigenvalue weighted by Gasteiger charge is -2.48. The summed E-state index contributed by atoms with van der Waals surface area (Å²) in [4.78, 5) is 0. The molecule has 0 unspecified atom stereocenters. The van der Waals surface area contributed by atoms with E-state index in [0.717, 1.165) is 30.2 Å². The van der Waals surface area contributed by atoms with Crippen molar-refractivity contribution in [2.24, 2.45) is 22.4 Å². The van der Waals surface area contributed by atoms with Crippen LogP contribution in [0.1, 0.15) is 56.1 Å². The molecule has 3 aliphatic rings. The van der Waals surface area contributed by atoms with Gasteiger partial charge in [0, 0.05) is 5.41 Å². The zero-order valence-electron chi connectivity index (χ0n) is 13.5. The highest BCUT2D eigenvalue weighted by Crippen LogP contribution is 2.59. The van der Waals surface area contributed by atoms with Gasteiger partial charge in [0.05, 0.1) is 12.8 Å². The van der Waals surface area contributed by atoms with Crippen LogP contribution in [0.15, 0.2) is 23.4 Å². The van der Waals surface area contributed by atoms with Gasteiger partial charge in [-0.05, 0) is 79.5 Å². The summed E-state index contributed by atoms with van der Waals surface area (Å²) >= 11 is 0. The van der Waals surface area contributed by atoms with E-state index in [0.29, 0.717) is 11.8 Å². The van der Waals surface area contributed by atoms with Gasteiger partial charge in [0.15, 0.2) is 0 Å². The van der Waals surface area contributed by atoms with Gasteiger partial charge in [-0.3, -0.25) is 0 Å². The van der Waals surface area contributed by atoms with Gasteiger partial charge in [0.25, 0.3) is 0 Å². The molecule has 1 N–H and O–H groups in total. The fourth-order valence-electron chi connectivity index (χ4n) is 5.62. The van der Waals surface area contributed by atoms with E-state index in [-0.39, 0.29) is 5.41 Å². The number of nitrogens with zero attached hydrogens (tertiary/aromatic N) is 1. The molecular formula is C19H25NO2. The maximum Gasteiger partial charge on any atom is 0.119 e. The van der Waals surface area contributed by atoms with E-state index in [1.165, 1.54) is 36.8 Å². The summed E-state index contributed by atoms with van der Waals surface area (Å²) in [5, 5.41) is 13.0. The Hall–Kier alpha value is -1.51. The minimum atomic E-state index is 0.131. The molecule has 118 valence electrons. The number of hydrogen-bond acceptors (Lipinski definition) is 3. The standard InChI is InChI=1S/C19H25NO2/c1-19-10-9-14-15(17(19)7-8-18(19)20-21)6-4-12-3-5-13(22-2)11-16(12)14/h3,5,11,14-15,17,21H,4,6-10H2,1-2H3/b20-18+/t14-,15+,17-,19-/m0/s1. The zero-order valence-corrected chi connectivity index (χ0v) is 13.5. The van der Waals surface area contributed by atoms with E-state index in [4.69, 9.17) is 4.74 Å². The first-order chi connectivity index (χ1) is 10.7. The van der Waals surface area contributed by atoms with Gasteiger partial charge >= 0.3 is 0 Å². The van der Waals surface area contributed by atoms with Gasteiger partial charge in [-0.1, -0.05) is 18.1 Å². The van der Waals surface area contributed by atoms with Crippen molar-refractivity contribution in [3.05, 3.63) is 29.3 Å². The number of benzene rings is 1. The molecule has 0 heterocycles. The zero-order chi connectivity index (χ0) is 15.3. The third kappa shape index (κ3) is 1.84. The predicted octanol–water partition coefficient (Wildman–Crippen LogP) is 4.38. The highest BCUT2D eigenvalue weighted by atomic mass is 16.5.